The molecule has 3 aromatic carbocycles. The van der Waals surface area contributed by atoms with Gasteiger partial charge in [-0.3, -0.25) is 4.79 Å². The number of benzene rings is 3. The molecular weight excluding hydrogens is 384 g/mol. The molecule has 1 amide bonds. The van der Waals surface area contributed by atoms with Crippen LogP contribution in [0.2, 0.25) is 0 Å². The lowest BCUT2D eigenvalue weighted by Crippen LogP contribution is -2.29. The Bertz CT molecular complexity index is 1180. The van der Waals surface area contributed by atoms with Gasteiger partial charge in [0.1, 0.15) is 11.5 Å². The summed E-state index contributed by atoms with van der Waals surface area (Å²) < 4.78 is 6.08. The molecule has 4 nitrogen and oxygen atoms in total. The molecule has 1 aliphatic rings. The number of nitrogens with one attached hydrogen (secondary N) is 1. The van der Waals surface area contributed by atoms with Crippen LogP contribution < -0.4 is 4.74 Å². The van der Waals surface area contributed by atoms with E-state index in [9.17, 15) is 4.79 Å². The van der Waals surface area contributed by atoms with Crippen LogP contribution in [0.25, 0.3) is 10.9 Å². The maximum Gasteiger partial charge on any atom is 0.223 e. The van der Waals surface area contributed by atoms with Gasteiger partial charge in [0.25, 0.3) is 0 Å². The van der Waals surface area contributed by atoms with Gasteiger partial charge in [0.15, 0.2) is 0 Å². The van der Waals surface area contributed by atoms with Crippen LogP contribution in [0.15, 0.2) is 85.1 Å². The molecule has 31 heavy (non-hydrogen) atoms. The Kier molecular flexibility index (Phi) is 5.44. The molecule has 0 radical (unpaired) electrons. The lowest BCUT2D eigenvalue weighted by molar-refractivity contribution is -0.130. The van der Waals surface area contributed by atoms with Gasteiger partial charge in [-0.05, 0) is 54.3 Å². The van der Waals surface area contributed by atoms with Gasteiger partial charge in [0, 0.05) is 42.5 Å². The first kappa shape index (κ1) is 19.4. The molecule has 4 heteroatoms. The van der Waals surface area contributed by atoms with Crippen LogP contribution in [0, 0.1) is 0 Å². The summed E-state index contributed by atoms with van der Waals surface area (Å²) in [5.41, 5.74) is 3.33. The van der Waals surface area contributed by atoms with Crippen molar-refractivity contribution in [2.75, 3.05) is 13.1 Å². The van der Waals surface area contributed by atoms with E-state index in [2.05, 4.69) is 35.4 Å². The van der Waals surface area contributed by atoms with E-state index in [1.807, 2.05) is 59.5 Å². The summed E-state index contributed by atoms with van der Waals surface area (Å²) in [5, 5.41) is 1.16. The Hall–Kier alpha value is -3.53. The summed E-state index contributed by atoms with van der Waals surface area (Å²) in [7, 11) is 0. The van der Waals surface area contributed by atoms with E-state index in [1.165, 1.54) is 0 Å². The molecule has 0 spiro atoms. The van der Waals surface area contributed by atoms with E-state index in [-0.39, 0.29) is 11.8 Å². The number of fused-ring (bicyclic) bond motifs is 1. The Morgan fingerprint density at radius 3 is 2.48 bits per heavy atom. The fraction of sp³-hybridized carbons (Fsp3) is 0.222. The highest BCUT2D eigenvalue weighted by atomic mass is 16.5. The van der Waals surface area contributed by atoms with Gasteiger partial charge < -0.3 is 14.6 Å². The van der Waals surface area contributed by atoms with Crippen LogP contribution in [0.1, 0.15) is 36.3 Å². The molecule has 1 aliphatic heterocycles. The van der Waals surface area contributed by atoms with Crippen molar-refractivity contribution in [2.45, 2.75) is 25.2 Å². The summed E-state index contributed by atoms with van der Waals surface area (Å²) in [6.07, 6.45) is 4.71. The second-order valence-electron chi connectivity index (χ2n) is 8.12. The molecule has 0 aliphatic carbocycles. The molecule has 156 valence electrons. The van der Waals surface area contributed by atoms with Crippen LogP contribution in [0.5, 0.6) is 11.5 Å². The Morgan fingerprint density at radius 1 is 0.903 bits per heavy atom. The highest BCUT2D eigenvalue weighted by Gasteiger charge is 2.26. The van der Waals surface area contributed by atoms with E-state index in [0.717, 1.165) is 59.5 Å². The molecule has 0 saturated carbocycles. The zero-order chi connectivity index (χ0) is 21.0. The normalized spacial score (nSPS) is 14.6. The maximum atomic E-state index is 13.1. The second kappa shape index (κ2) is 8.68. The standard InChI is InChI=1S/C27H26N2O2/c30-27(29-15-6-7-16-29)18-24(25-19-28-26-14-5-4-13-23(25)26)20-9-8-12-22(17-20)31-21-10-2-1-3-11-21/h1-5,8-14,17,19,24,28H,6-7,15-16,18H2. The SMILES string of the molecule is O=C(CC(c1cccc(Oc2ccccc2)c1)c1c[nH]c2ccccc12)N1CCCC1. The lowest BCUT2D eigenvalue weighted by Gasteiger charge is -2.22. The summed E-state index contributed by atoms with van der Waals surface area (Å²) in [6.45, 7) is 1.74. The van der Waals surface area contributed by atoms with Crippen molar-refractivity contribution in [2.24, 2.45) is 0 Å². The second-order valence-corrected chi connectivity index (χ2v) is 8.12. The highest BCUT2D eigenvalue weighted by Crippen LogP contribution is 2.36. The predicted octanol–water partition coefficient (Wildman–Crippen LogP) is 6.10. The van der Waals surface area contributed by atoms with E-state index >= 15 is 0 Å². The monoisotopic (exact) mass is 410 g/mol. The molecule has 1 fully saturated rings. The Balaban J connectivity index is 1.51. The minimum Gasteiger partial charge on any atom is -0.457 e. The number of aromatic amines is 1. The van der Waals surface area contributed by atoms with Crippen LogP contribution in [-0.4, -0.2) is 28.9 Å². The number of amides is 1. The summed E-state index contributed by atoms with van der Waals surface area (Å²) >= 11 is 0. The van der Waals surface area contributed by atoms with Crippen LogP contribution in [-0.2, 0) is 4.79 Å². The number of para-hydroxylation sites is 2. The van der Waals surface area contributed by atoms with Crippen molar-refractivity contribution < 1.29 is 9.53 Å². The minimum atomic E-state index is -0.0384. The van der Waals surface area contributed by atoms with E-state index in [4.69, 9.17) is 4.74 Å². The third-order valence-corrected chi connectivity index (χ3v) is 6.07. The number of ether oxygens (including phenoxy) is 1. The first-order chi connectivity index (χ1) is 15.3. The van der Waals surface area contributed by atoms with Crippen LogP contribution in [0.4, 0.5) is 0 Å². The molecule has 1 saturated heterocycles. The molecule has 1 atom stereocenters. The molecule has 0 bridgehead atoms. The first-order valence-corrected chi connectivity index (χ1v) is 10.9. The zero-order valence-electron chi connectivity index (χ0n) is 17.5. The number of carbonyl (C=O) groups is 1. The van der Waals surface area contributed by atoms with E-state index in [1.54, 1.807) is 0 Å². The van der Waals surface area contributed by atoms with E-state index in [0.29, 0.717) is 6.42 Å². The average molecular weight is 411 g/mol. The molecule has 5 rings (SSSR count). The van der Waals surface area contributed by atoms with E-state index < -0.39 is 0 Å². The molecule has 1 unspecified atom stereocenters. The van der Waals surface area contributed by atoms with Gasteiger partial charge in [-0.2, -0.15) is 0 Å². The molecule has 4 aromatic rings. The van der Waals surface area contributed by atoms with Crippen LogP contribution in [0.3, 0.4) is 0 Å². The van der Waals surface area contributed by atoms with Gasteiger partial charge in [-0.15, -0.1) is 0 Å². The smallest absolute Gasteiger partial charge is 0.223 e. The third-order valence-electron chi connectivity index (χ3n) is 6.07. The number of likely N-dealkylation sites (tertiary alicyclic amines) is 1. The van der Waals surface area contributed by atoms with Gasteiger partial charge in [-0.1, -0.05) is 48.5 Å². The predicted molar refractivity (Wildman–Crippen MR) is 124 cm³/mol. The van der Waals surface area contributed by atoms with Crippen molar-refractivity contribution in [1.82, 2.24) is 9.88 Å². The zero-order valence-corrected chi connectivity index (χ0v) is 17.5. The number of hydrogen-bond donors (Lipinski definition) is 1. The highest BCUT2D eigenvalue weighted by molar-refractivity contribution is 5.86. The van der Waals surface area contributed by atoms with Crippen molar-refractivity contribution in [1.29, 1.82) is 0 Å². The number of hydrogen-bond acceptors (Lipinski definition) is 2. The van der Waals surface area contributed by atoms with Gasteiger partial charge in [-0.25, -0.2) is 0 Å². The van der Waals surface area contributed by atoms with Crippen molar-refractivity contribution in [3.05, 3.63) is 96.2 Å². The number of aromatic nitrogens is 1. The van der Waals surface area contributed by atoms with Gasteiger partial charge in [0.2, 0.25) is 5.91 Å². The molecule has 1 N–H and O–H groups in total. The topological polar surface area (TPSA) is 45.3 Å². The summed E-state index contributed by atoms with van der Waals surface area (Å²) in [5.74, 6) is 1.77. The number of nitrogens with zero attached hydrogens (tertiary/aromatic N) is 1. The van der Waals surface area contributed by atoms with Crippen LogP contribution >= 0.6 is 0 Å². The van der Waals surface area contributed by atoms with Crippen molar-refractivity contribution in [3.63, 3.8) is 0 Å². The first-order valence-electron chi connectivity index (χ1n) is 10.9. The summed E-state index contributed by atoms with van der Waals surface area (Å²) in [4.78, 5) is 18.5. The average Bonchev–Trinajstić information content (AvgIpc) is 3.49. The molecular formula is C27H26N2O2. The van der Waals surface area contributed by atoms with Gasteiger partial charge >= 0.3 is 0 Å². The number of carbonyl (C=O) groups excluding carboxylic acids is 1. The third kappa shape index (κ3) is 4.19. The van der Waals surface area contributed by atoms with Crippen molar-refractivity contribution >= 4 is 16.8 Å². The number of H-pyrrole nitrogens is 1. The maximum absolute atomic E-state index is 13.1. The van der Waals surface area contributed by atoms with Crippen molar-refractivity contribution in [3.8, 4) is 11.5 Å². The fourth-order valence-corrected chi connectivity index (χ4v) is 4.48. The molecule has 2 heterocycles. The lowest BCUT2D eigenvalue weighted by atomic mass is 9.87. The Morgan fingerprint density at radius 2 is 1.65 bits per heavy atom. The minimum absolute atomic E-state index is 0.0384. The summed E-state index contributed by atoms with van der Waals surface area (Å²) in [6, 6.07) is 26.2. The Labute approximate surface area is 182 Å². The largest absolute Gasteiger partial charge is 0.457 e. The number of rotatable bonds is 6. The fourth-order valence-electron chi connectivity index (χ4n) is 4.48. The molecule has 1 aromatic heterocycles. The quantitative estimate of drug-likeness (QED) is 0.417. The van der Waals surface area contributed by atoms with Gasteiger partial charge in [0.05, 0.1) is 0 Å².